The molecule has 5 heteroatoms. The van der Waals surface area contributed by atoms with Crippen molar-refractivity contribution in [1.82, 2.24) is 9.97 Å². The number of rotatable bonds is 5. The van der Waals surface area contributed by atoms with Crippen molar-refractivity contribution in [1.29, 1.82) is 5.26 Å². The van der Waals surface area contributed by atoms with Crippen molar-refractivity contribution < 1.29 is 35.5 Å². The minimum Gasteiger partial charge on any atom is -0.500 e. The van der Waals surface area contributed by atoms with Gasteiger partial charge in [0.05, 0.1) is 18.6 Å². The van der Waals surface area contributed by atoms with Crippen molar-refractivity contribution in [3.8, 4) is 50.8 Å². The van der Waals surface area contributed by atoms with Gasteiger partial charge in [-0.3, -0.25) is 0 Å². The van der Waals surface area contributed by atoms with Gasteiger partial charge in [0.15, 0.2) is 0 Å². The van der Waals surface area contributed by atoms with Gasteiger partial charge in [-0.2, -0.15) is 5.26 Å². The summed E-state index contributed by atoms with van der Waals surface area (Å²) >= 11 is 0. The van der Waals surface area contributed by atoms with Crippen LogP contribution in [0.25, 0.3) is 66.7 Å². The Balaban J connectivity index is 0.000000385. The van der Waals surface area contributed by atoms with Crippen LogP contribution in [0.5, 0.6) is 0 Å². The van der Waals surface area contributed by atoms with E-state index in [0.29, 0.717) is 46.4 Å². The van der Waals surface area contributed by atoms with Gasteiger partial charge >= 0.3 is 0 Å². The largest absolute Gasteiger partial charge is 0.500 e. The molecule has 57 heavy (non-hydrogen) atoms. The maximum Gasteiger partial charge on any atom is 0.128 e. The van der Waals surface area contributed by atoms with E-state index < -0.39 is 19.6 Å². The fourth-order valence-electron chi connectivity index (χ4n) is 7.33. The first kappa shape index (κ1) is 30.5. The molecule has 0 N–H and O–H groups in total. The molecule has 3 heterocycles. The zero-order chi connectivity index (χ0) is 45.6. The molecule has 0 spiro atoms. The summed E-state index contributed by atoms with van der Waals surface area (Å²) in [5.74, 6) is -1.05. The average molecular weight is 928 g/mol. The Labute approximate surface area is 361 Å². The second kappa shape index (κ2) is 16.8. The van der Waals surface area contributed by atoms with Crippen LogP contribution in [0, 0.1) is 49.5 Å². The monoisotopic (exact) mass is 928 g/mol. The molecular weight excluding hydrogens is 875 g/mol. The van der Waals surface area contributed by atoms with Crippen molar-refractivity contribution in [3.05, 3.63) is 168 Å². The topological polar surface area (TPSA) is 62.7 Å². The number of pyridine rings is 2. The standard InChI is InChI=1S/C40H35N2O.C12H10N.Ir/c1-25-21-30(28-17-19-40(3,4)20-18-28)15-16-31(25)36-22-37(42-24-26(36)2)35-10-6-9-34-33-8-5-7-32(38(33)43-39(34)35)29-13-11-27(23-41)12-14-29;1-10-7-8-12(13-9-10)11-5-3-2-4-6-11;/h5-9,11-16,21-22,24,28H,17-20H2,1-4H3;2-5,7-9H,1H3;/q2*-1;/i1D3,2D3,16D,28D;;. The van der Waals surface area contributed by atoms with Crippen LogP contribution < -0.4 is 0 Å². The predicted molar refractivity (Wildman–Crippen MR) is 229 cm³/mol. The Morgan fingerprint density at radius 3 is 2.30 bits per heavy atom. The molecule has 1 aliphatic carbocycles. The summed E-state index contributed by atoms with van der Waals surface area (Å²) in [7, 11) is 0. The Bertz CT molecular complexity index is 3030. The number of aryl methyl sites for hydroxylation is 3. The van der Waals surface area contributed by atoms with Crippen LogP contribution in [0.1, 0.15) is 84.2 Å². The molecule has 285 valence electrons. The van der Waals surface area contributed by atoms with Crippen LogP contribution in [-0.4, -0.2) is 9.97 Å². The molecule has 0 aliphatic heterocycles. The van der Waals surface area contributed by atoms with Gasteiger partial charge in [-0.15, -0.1) is 54.1 Å². The Morgan fingerprint density at radius 2 is 1.58 bits per heavy atom. The smallest absolute Gasteiger partial charge is 0.128 e. The van der Waals surface area contributed by atoms with E-state index in [2.05, 4.69) is 48.1 Å². The Morgan fingerprint density at radius 1 is 0.789 bits per heavy atom. The summed E-state index contributed by atoms with van der Waals surface area (Å²) < 4.78 is 75.7. The fraction of sp³-hybridized carbons (Fsp3) is 0.212. The molecule has 9 rings (SSSR count). The van der Waals surface area contributed by atoms with Crippen molar-refractivity contribution in [3.63, 3.8) is 0 Å². The van der Waals surface area contributed by atoms with Crippen LogP contribution in [-0.2, 0) is 20.1 Å². The number of para-hydroxylation sites is 1. The number of aromatic nitrogens is 2. The van der Waals surface area contributed by atoms with Crippen molar-refractivity contribution >= 4 is 21.9 Å². The molecule has 0 bridgehead atoms. The van der Waals surface area contributed by atoms with E-state index in [1.165, 1.54) is 30.0 Å². The third kappa shape index (κ3) is 8.40. The number of fused-ring (bicyclic) bond motifs is 3. The van der Waals surface area contributed by atoms with Gasteiger partial charge < -0.3 is 14.4 Å². The van der Waals surface area contributed by atoms with Gasteiger partial charge in [0.2, 0.25) is 0 Å². The summed E-state index contributed by atoms with van der Waals surface area (Å²) in [6.07, 6.45) is 5.75. The second-order valence-electron chi connectivity index (χ2n) is 15.1. The van der Waals surface area contributed by atoms with E-state index in [4.69, 9.17) is 12.6 Å². The first-order valence-electron chi connectivity index (χ1n) is 22.8. The number of benzene rings is 5. The van der Waals surface area contributed by atoms with E-state index in [0.717, 1.165) is 46.0 Å². The zero-order valence-corrected chi connectivity index (χ0v) is 34.4. The molecule has 4 nitrogen and oxygen atoms in total. The van der Waals surface area contributed by atoms with E-state index in [-0.39, 0.29) is 53.8 Å². The number of hydrogen-bond donors (Lipinski definition) is 0. The molecular formula is C52H45IrN3O-2. The zero-order valence-electron chi connectivity index (χ0n) is 40.0. The first-order valence-corrected chi connectivity index (χ1v) is 18.8. The van der Waals surface area contributed by atoms with Gasteiger partial charge in [0.1, 0.15) is 5.58 Å². The van der Waals surface area contributed by atoms with E-state index >= 15 is 0 Å². The molecule has 1 fully saturated rings. The number of hydrogen-bond acceptors (Lipinski definition) is 4. The Kier molecular flexibility index (Phi) is 9.00. The van der Waals surface area contributed by atoms with Gasteiger partial charge in [0.25, 0.3) is 0 Å². The van der Waals surface area contributed by atoms with Crippen molar-refractivity contribution in [2.45, 2.75) is 66.1 Å². The van der Waals surface area contributed by atoms with Gasteiger partial charge in [-0.25, -0.2) is 0 Å². The quantitative estimate of drug-likeness (QED) is 0.161. The molecule has 5 aromatic carbocycles. The Hall–Kier alpha value is -5.66. The summed E-state index contributed by atoms with van der Waals surface area (Å²) in [4.78, 5) is 8.86. The molecule has 1 radical (unpaired) electrons. The maximum absolute atomic E-state index is 9.32. The summed E-state index contributed by atoms with van der Waals surface area (Å²) in [6, 6.07) is 41.4. The number of furan rings is 1. The maximum atomic E-state index is 9.32. The van der Waals surface area contributed by atoms with E-state index in [1.54, 1.807) is 18.2 Å². The van der Waals surface area contributed by atoms with Crippen molar-refractivity contribution in [2.75, 3.05) is 0 Å². The molecule has 1 saturated carbocycles. The molecule has 1 aliphatic rings. The number of nitriles is 1. The van der Waals surface area contributed by atoms with Crippen LogP contribution in [0.2, 0.25) is 0 Å². The predicted octanol–water partition coefficient (Wildman–Crippen LogP) is 13.8. The van der Waals surface area contributed by atoms with E-state index in [9.17, 15) is 8.00 Å². The third-order valence-electron chi connectivity index (χ3n) is 10.7. The molecule has 3 aromatic heterocycles. The molecule has 0 unspecified atom stereocenters. The normalized spacial score (nSPS) is 16.7. The van der Waals surface area contributed by atoms with Crippen LogP contribution in [0.4, 0.5) is 0 Å². The fourth-order valence-corrected chi connectivity index (χ4v) is 7.33. The first-order chi connectivity index (χ1) is 30.3. The summed E-state index contributed by atoms with van der Waals surface area (Å²) in [5.41, 5.74) is 7.48. The van der Waals surface area contributed by atoms with Crippen LogP contribution in [0.3, 0.4) is 0 Å². The number of nitrogens with zero attached hydrogens (tertiary/aromatic N) is 3. The van der Waals surface area contributed by atoms with Gasteiger partial charge in [-0.1, -0.05) is 91.5 Å². The summed E-state index contributed by atoms with van der Waals surface area (Å²) in [6.45, 7) is 0.983. The summed E-state index contributed by atoms with van der Waals surface area (Å²) in [5, 5.41) is 10.9. The van der Waals surface area contributed by atoms with Crippen molar-refractivity contribution in [2.24, 2.45) is 5.41 Å². The average Bonchev–Trinajstić information content (AvgIpc) is 3.67. The van der Waals surface area contributed by atoms with Crippen LogP contribution in [0.15, 0.2) is 132 Å². The molecule has 0 amide bonds. The second-order valence-corrected chi connectivity index (χ2v) is 15.1. The van der Waals surface area contributed by atoms with Gasteiger partial charge in [0, 0.05) is 53.0 Å². The van der Waals surface area contributed by atoms with Gasteiger partial charge in [-0.05, 0) is 120 Å². The third-order valence-corrected chi connectivity index (χ3v) is 10.7. The van der Waals surface area contributed by atoms with E-state index in [1.807, 2.05) is 79.9 Å². The molecule has 0 atom stereocenters. The molecule has 8 aromatic rings. The molecule has 0 saturated heterocycles. The SMILES string of the molecule is Cc1ccc(-c2[c-]cccc2)nc1.[2H]c1cc(C2([2H])CCC(C)(C)CC2)cc(C([2H])([2H])[2H])c1-c1cc(-c2[c-]ccc3c2oc2c(-c4ccc(C#N)cc4)cccc23)ncc1C([2H])([2H])[2H].[Ir]. The van der Waals surface area contributed by atoms with Crippen LogP contribution >= 0.6 is 0 Å². The minimum atomic E-state index is -2.70. The minimum absolute atomic E-state index is 0.